The van der Waals surface area contributed by atoms with E-state index in [1.165, 1.54) is 11.8 Å². The summed E-state index contributed by atoms with van der Waals surface area (Å²) in [6.07, 6.45) is 0.200. The fourth-order valence-corrected chi connectivity index (χ4v) is 12.0. The van der Waals surface area contributed by atoms with Gasteiger partial charge in [-0.1, -0.05) is 6.07 Å². The smallest absolute Gasteiger partial charge is 0.333 e. The molecule has 7 aliphatic rings. The Hall–Kier alpha value is -4.34. The zero-order chi connectivity index (χ0) is 36.7. The van der Waals surface area contributed by atoms with Crippen molar-refractivity contribution in [3.8, 4) is 34.5 Å². The molecular formula is C39H42N4O9S. The highest BCUT2D eigenvalue weighted by molar-refractivity contribution is 7.99. The number of likely N-dealkylation sites (N-methyl/N-ethyl adjacent to an activating group) is 1. The molecule has 2 fully saturated rings. The molecule has 0 radical (unpaired) electrons. The zero-order valence-corrected chi connectivity index (χ0v) is 30.9. The first-order valence-electron chi connectivity index (χ1n) is 18.0. The van der Waals surface area contributed by atoms with Crippen molar-refractivity contribution in [2.45, 2.75) is 67.9 Å². The van der Waals surface area contributed by atoms with Crippen molar-refractivity contribution in [1.29, 1.82) is 0 Å². The van der Waals surface area contributed by atoms with Gasteiger partial charge in [-0.25, -0.2) is 4.79 Å². The summed E-state index contributed by atoms with van der Waals surface area (Å²) in [5, 5.41) is 40.7. The lowest BCUT2D eigenvalue weighted by Crippen LogP contribution is -2.70. The van der Waals surface area contributed by atoms with Gasteiger partial charge in [-0.3, -0.25) is 15.1 Å². The molecule has 1 aromatic heterocycles. The molecule has 8 heterocycles. The molecule has 13 nitrogen and oxygen atoms in total. The van der Waals surface area contributed by atoms with Gasteiger partial charge in [-0.2, -0.15) is 0 Å². The Labute approximate surface area is 310 Å². The van der Waals surface area contributed by atoms with Crippen molar-refractivity contribution in [2.24, 2.45) is 0 Å². The summed E-state index contributed by atoms with van der Waals surface area (Å²) in [6, 6.07) is 5.94. The number of ether oxygens (including phenoxy) is 5. The second-order valence-electron chi connectivity index (χ2n) is 15.1. The number of hydrogen-bond donors (Lipinski definition) is 5. The Morgan fingerprint density at radius 3 is 2.62 bits per heavy atom. The fourth-order valence-electron chi connectivity index (χ4n) is 10.3. The van der Waals surface area contributed by atoms with Crippen LogP contribution in [0.5, 0.6) is 34.5 Å². The van der Waals surface area contributed by atoms with E-state index in [4.69, 9.17) is 23.7 Å². The monoisotopic (exact) mass is 742 g/mol. The van der Waals surface area contributed by atoms with Crippen molar-refractivity contribution in [2.75, 3.05) is 47.0 Å². The molecule has 2 saturated heterocycles. The normalized spacial score (nSPS) is 30.0. The number of phenolic OH excluding ortho intramolecular Hbond substituents is 2. The van der Waals surface area contributed by atoms with Gasteiger partial charge < -0.3 is 44.0 Å². The number of piperazine rings is 1. The van der Waals surface area contributed by atoms with Crippen molar-refractivity contribution in [3.05, 3.63) is 68.9 Å². The Balaban J connectivity index is 1.21. The number of aromatic nitrogens is 1. The van der Waals surface area contributed by atoms with E-state index in [1.54, 1.807) is 14.2 Å². The summed E-state index contributed by atoms with van der Waals surface area (Å²) in [5.74, 6) is 2.07. The number of aromatic amines is 1. The number of aliphatic hydroxyl groups excluding tert-OH is 1. The number of hydrogen-bond acceptors (Lipinski definition) is 13. The third kappa shape index (κ3) is 4.26. The van der Waals surface area contributed by atoms with Gasteiger partial charge >= 0.3 is 5.97 Å². The summed E-state index contributed by atoms with van der Waals surface area (Å²) in [4.78, 5) is 22.5. The molecule has 5 N–H and O–H groups in total. The van der Waals surface area contributed by atoms with Gasteiger partial charge in [0.1, 0.15) is 24.3 Å². The average Bonchev–Trinajstić information content (AvgIpc) is 3.79. The van der Waals surface area contributed by atoms with Crippen LogP contribution in [0.25, 0.3) is 10.9 Å². The van der Waals surface area contributed by atoms with Gasteiger partial charge in [-0.05, 0) is 68.6 Å². The van der Waals surface area contributed by atoms with Gasteiger partial charge in [0.25, 0.3) is 0 Å². The number of H-pyrrole nitrogens is 1. The van der Waals surface area contributed by atoms with Gasteiger partial charge in [0.05, 0.1) is 43.3 Å². The molecule has 3 aromatic carbocycles. The second-order valence-corrected chi connectivity index (χ2v) is 16.2. The number of carbonyl (C=O) groups excluding carboxylic acids is 1. The number of thioether (sulfide) groups is 1. The lowest BCUT2D eigenvalue weighted by molar-refractivity contribution is -0.186. The SMILES string of the molecule is COc1ccc2[nH]c3c(c2c1)CCN[C@]31CS[C@@H]2c3c(O)c(C)c4c(c3[C@H](COC1=O)N1C2[C@@H]2c3c(cc(C)c(OC)c3O)CC([C@@H]1O)N2C)OCO4. The molecule has 1 spiro atoms. The number of aryl methyl sites for hydroxylation is 1. The predicted octanol–water partition coefficient (Wildman–Crippen LogP) is 3.97. The molecule has 0 saturated carbocycles. The molecule has 7 aliphatic heterocycles. The standard InChI is InChI=1S/C39H42N4O9S/c1-16-10-18-11-23-37(46)43-24-13-50-38(47)39(36-20(8-9-40-39)21-12-19(48-4)6-7-22(21)41-36)14-53-35(27-26(24)34-33(51-15-52-34)17(2)30(27)44)29(43)28(42(23)3)25(18)31(45)32(16)49-5/h6-7,10,12,23-24,28-29,35,37,40-41,44-46H,8-9,11,13-15H2,1-5H3/t23?,24-,28-,29?,35+,37-,39+/m0/s1. The number of phenols is 2. The van der Waals surface area contributed by atoms with Crippen LogP contribution in [-0.2, 0) is 27.9 Å². The number of methoxy groups -OCH3 is 2. The lowest BCUT2D eigenvalue weighted by Gasteiger charge is -2.62. The number of benzene rings is 3. The number of carbonyl (C=O) groups is 1. The van der Waals surface area contributed by atoms with E-state index in [-0.39, 0.29) is 36.7 Å². The van der Waals surface area contributed by atoms with Crippen LogP contribution in [0, 0.1) is 13.8 Å². The van der Waals surface area contributed by atoms with Crippen LogP contribution in [0.3, 0.4) is 0 Å². The van der Waals surface area contributed by atoms with Crippen molar-refractivity contribution in [1.82, 2.24) is 20.1 Å². The minimum absolute atomic E-state index is 0.0161. The number of aromatic hydroxyl groups is 2. The van der Waals surface area contributed by atoms with Crippen LogP contribution in [0.1, 0.15) is 62.0 Å². The maximum Gasteiger partial charge on any atom is 0.333 e. The van der Waals surface area contributed by atoms with E-state index >= 15 is 0 Å². The Morgan fingerprint density at radius 1 is 1.02 bits per heavy atom. The summed E-state index contributed by atoms with van der Waals surface area (Å²) >= 11 is 1.53. The van der Waals surface area contributed by atoms with Gasteiger partial charge in [0.15, 0.2) is 28.5 Å². The number of esters is 1. The predicted molar refractivity (Wildman–Crippen MR) is 195 cm³/mol. The highest BCUT2D eigenvalue weighted by Gasteiger charge is 2.61. The van der Waals surface area contributed by atoms with Gasteiger partial charge in [0.2, 0.25) is 6.79 Å². The van der Waals surface area contributed by atoms with Crippen molar-refractivity contribution in [3.63, 3.8) is 0 Å². The molecule has 11 rings (SSSR count). The van der Waals surface area contributed by atoms with Crippen LogP contribution in [0.15, 0.2) is 24.3 Å². The Bertz CT molecular complexity index is 2240. The van der Waals surface area contributed by atoms with E-state index in [9.17, 15) is 20.1 Å². The Morgan fingerprint density at radius 2 is 1.83 bits per heavy atom. The first kappa shape index (κ1) is 33.2. The highest BCUT2D eigenvalue weighted by Crippen LogP contribution is 2.64. The van der Waals surface area contributed by atoms with Crippen LogP contribution in [0.2, 0.25) is 0 Å². The molecule has 4 aromatic rings. The number of nitrogens with one attached hydrogen (secondary N) is 2. The van der Waals surface area contributed by atoms with Gasteiger partial charge in [-0.15, -0.1) is 11.8 Å². The molecule has 53 heavy (non-hydrogen) atoms. The lowest BCUT2D eigenvalue weighted by atomic mass is 9.73. The van der Waals surface area contributed by atoms with Crippen molar-refractivity contribution >= 4 is 28.6 Å². The van der Waals surface area contributed by atoms with Gasteiger partial charge in [0, 0.05) is 51.5 Å². The maximum atomic E-state index is 14.7. The molecule has 0 amide bonds. The van der Waals surface area contributed by atoms with Crippen LogP contribution < -0.4 is 24.3 Å². The topological polar surface area (TPSA) is 158 Å². The van der Waals surface area contributed by atoms with E-state index < -0.39 is 41.1 Å². The minimum Gasteiger partial charge on any atom is -0.507 e. The molecule has 14 heteroatoms. The summed E-state index contributed by atoms with van der Waals surface area (Å²) < 4.78 is 29.8. The second kappa shape index (κ2) is 11.6. The molecule has 278 valence electrons. The number of fused-ring (bicyclic) bond motifs is 11. The maximum absolute atomic E-state index is 14.7. The number of nitrogens with zero attached hydrogens (tertiary/aromatic N) is 2. The Kier molecular flexibility index (Phi) is 7.26. The van der Waals surface area contributed by atoms with Crippen LogP contribution in [-0.4, -0.2) is 101 Å². The molecule has 2 unspecified atom stereocenters. The average molecular weight is 743 g/mol. The van der Waals surface area contributed by atoms with E-state index in [0.717, 1.165) is 44.6 Å². The number of rotatable bonds is 2. The third-order valence-electron chi connectivity index (χ3n) is 12.7. The van der Waals surface area contributed by atoms with E-state index in [2.05, 4.69) is 21.3 Å². The van der Waals surface area contributed by atoms with E-state index in [0.29, 0.717) is 53.3 Å². The summed E-state index contributed by atoms with van der Waals surface area (Å²) in [7, 11) is 5.19. The zero-order valence-electron chi connectivity index (χ0n) is 30.1. The van der Waals surface area contributed by atoms with Crippen LogP contribution >= 0.6 is 11.8 Å². The van der Waals surface area contributed by atoms with E-state index in [1.807, 2.05) is 44.0 Å². The molecule has 4 bridgehead atoms. The summed E-state index contributed by atoms with van der Waals surface area (Å²) in [5.41, 5.74) is 5.83. The highest BCUT2D eigenvalue weighted by atomic mass is 32.2. The first-order valence-corrected chi connectivity index (χ1v) is 19.1. The number of aliphatic hydroxyl groups is 1. The molecule has 0 aliphatic carbocycles. The quantitative estimate of drug-likeness (QED) is 0.188. The third-order valence-corrected chi connectivity index (χ3v) is 14.2. The fraction of sp³-hybridized carbons (Fsp3) is 0.462. The largest absolute Gasteiger partial charge is 0.507 e. The van der Waals surface area contributed by atoms with Crippen molar-refractivity contribution < 1.29 is 43.8 Å². The molecule has 7 atom stereocenters. The minimum atomic E-state index is -1.25. The van der Waals surface area contributed by atoms with Crippen LogP contribution in [0.4, 0.5) is 0 Å². The summed E-state index contributed by atoms with van der Waals surface area (Å²) in [6.45, 7) is 4.14. The molecular weight excluding hydrogens is 701 g/mol. The first-order chi connectivity index (χ1) is 25.6.